The van der Waals surface area contributed by atoms with Gasteiger partial charge in [-0.1, -0.05) is 25.2 Å². The van der Waals surface area contributed by atoms with Crippen molar-refractivity contribution >= 4 is 31.0 Å². The van der Waals surface area contributed by atoms with Crippen LogP contribution in [0.25, 0.3) is 0 Å². The average Bonchev–Trinajstić information content (AvgIpc) is 2.02. The summed E-state index contributed by atoms with van der Waals surface area (Å²) in [5, 5.41) is 18.2. The summed E-state index contributed by atoms with van der Waals surface area (Å²) in [4.78, 5) is 0. The smallest absolute Gasteiger partial charge is 0.512 e. The van der Waals surface area contributed by atoms with Crippen LogP contribution in [-0.4, -0.2) is 24.8 Å². The molecule has 6 heteroatoms. The molecule has 1 aromatic carbocycles. The molecule has 0 bridgehead atoms. The van der Waals surface area contributed by atoms with Crippen molar-refractivity contribution in [2.75, 3.05) is 0 Å². The van der Waals surface area contributed by atoms with Gasteiger partial charge in [0.1, 0.15) is 5.75 Å². The first-order valence-electron chi connectivity index (χ1n) is 4.22. The van der Waals surface area contributed by atoms with E-state index in [0.717, 1.165) is 5.19 Å². The largest absolute Gasteiger partial charge is 0.707 e. The SMILES string of the molecule is C[Si](C)(Cl)c1ccc(OB(O)O)cc1. The summed E-state index contributed by atoms with van der Waals surface area (Å²) < 4.78 is 4.67. The molecule has 1 aromatic rings. The van der Waals surface area contributed by atoms with E-state index in [9.17, 15) is 0 Å². The van der Waals surface area contributed by atoms with Crippen molar-refractivity contribution in [3.63, 3.8) is 0 Å². The fourth-order valence-corrected chi connectivity index (χ4v) is 2.39. The normalized spacial score (nSPS) is 11.2. The van der Waals surface area contributed by atoms with Crippen molar-refractivity contribution in [3.05, 3.63) is 24.3 Å². The molecule has 1 rings (SSSR count). The van der Waals surface area contributed by atoms with E-state index in [4.69, 9.17) is 21.1 Å². The molecule has 0 radical (unpaired) electrons. The number of halogens is 1. The van der Waals surface area contributed by atoms with Crippen molar-refractivity contribution in [3.8, 4) is 5.75 Å². The Hall–Kier alpha value is -0.488. The number of rotatable bonds is 3. The molecule has 14 heavy (non-hydrogen) atoms. The lowest BCUT2D eigenvalue weighted by Gasteiger charge is -2.13. The second kappa shape index (κ2) is 4.36. The highest BCUT2D eigenvalue weighted by molar-refractivity contribution is 7.26. The van der Waals surface area contributed by atoms with Crippen LogP contribution in [0, 0.1) is 0 Å². The van der Waals surface area contributed by atoms with Crippen molar-refractivity contribution in [1.82, 2.24) is 0 Å². The van der Waals surface area contributed by atoms with Crippen LogP contribution in [0.5, 0.6) is 5.75 Å². The molecular formula is C8H12BClO3Si. The summed E-state index contributed by atoms with van der Waals surface area (Å²) in [6, 6.07) is 7.03. The maximum Gasteiger partial charge on any atom is 0.707 e. The fraction of sp³-hybridized carbons (Fsp3) is 0.250. The van der Waals surface area contributed by atoms with E-state index in [1.807, 2.05) is 25.2 Å². The lowest BCUT2D eigenvalue weighted by molar-refractivity contribution is 0.288. The Morgan fingerprint density at radius 2 is 1.71 bits per heavy atom. The van der Waals surface area contributed by atoms with Crippen LogP contribution in [0.3, 0.4) is 0 Å². The van der Waals surface area contributed by atoms with E-state index >= 15 is 0 Å². The Bertz CT molecular complexity index is 296. The fourth-order valence-electron chi connectivity index (χ4n) is 1.05. The van der Waals surface area contributed by atoms with Crippen LogP contribution in [0.2, 0.25) is 13.1 Å². The number of hydrogen-bond donors (Lipinski definition) is 2. The summed E-state index contributed by atoms with van der Waals surface area (Å²) >= 11 is 6.22. The molecule has 3 nitrogen and oxygen atoms in total. The van der Waals surface area contributed by atoms with Crippen molar-refractivity contribution in [2.45, 2.75) is 13.1 Å². The second-order valence-corrected chi connectivity index (χ2v) is 9.80. The minimum atomic E-state index is -1.80. The maximum atomic E-state index is 8.55. The van der Waals surface area contributed by atoms with Crippen LogP contribution in [0.15, 0.2) is 24.3 Å². The van der Waals surface area contributed by atoms with E-state index in [2.05, 4.69) is 4.65 Å². The predicted molar refractivity (Wildman–Crippen MR) is 60.2 cm³/mol. The first-order valence-corrected chi connectivity index (χ1v) is 8.23. The minimum Gasteiger partial charge on any atom is -0.512 e. The third-order valence-electron chi connectivity index (χ3n) is 1.78. The Balaban J connectivity index is 2.79. The van der Waals surface area contributed by atoms with Gasteiger partial charge in [0.25, 0.3) is 0 Å². The molecule has 0 heterocycles. The van der Waals surface area contributed by atoms with Gasteiger partial charge in [-0.15, -0.1) is 0 Å². The number of benzene rings is 1. The second-order valence-electron chi connectivity index (χ2n) is 3.44. The first kappa shape index (κ1) is 11.6. The minimum absolute atomic E-state index is 0.415. The lowest BCUT2D eigenvalue weighted by atomic mass is 10.2. The zero-order valence-corrected chi connectivity index (χ0v) is 9.82. The molecule has 0 saturated carbocycles. The Morgan fingerprint density at radius 3 is 2.07 bits per heavy atom. The lowest BCUT2D eigenvalue weighted by Crippen LogP contribution is -2.34. The Kier molecular flexibility index (Phi) is 3.60. The van der Waals surface area contributed by atoms with Crippen LogP contribution in [0.1, 0.15) is 0 Å². The van der Waals surface area contributed by atoms with Gasteiger partial charge in [-0.25, -0.2) is 0 Å². The van der Waals surface area contributed by atoms with Crippen LogP contribution in [-0.2, 0) is 0 Å². The van der Waals surface area contributed by atoms with Gasteiger partial charge in [0.15, 0.2) is 7.38 Å². The Labute approximate surface area is 89.2 Å². The molecule has 0 aliphatic rings. The summed E-state index contributed by atoms with van der Waals surface area (Å²) in [7, 11) is -3.58. The molecule has 0 amide bonds. The van der Waals surface area contributed by atoms with Crippen LogP contribution in [0.4, 0.5) is 0 Å². The summed E-state index contributed by atoms with van der Waals surface area (Å²) in [6.07, 6.45) is 0. The van der Waals surface area contributed by atoms with Crippen molar-refractivity contribution in [1.29, 1.82) is 0 Å². The van der Waals surface area contributed by atoms with Gasteiger partial charge < -0.3 is 14.7 Å². The summed E-state index contributed by atoms with van der Waals surface area (Å²) in [6.45, 7) is 4.04. The summed E-state index contributed by atoms with van der Waals surface area (Å²) in [5.74, 6) is 0.415. The van der Waals surface area contributed by atoms with E-state index < -0.39 is 14.7 Å². The average molecular weight is 231 g/mol. The standard InChI is InChI=1S/C8H12BClO3Si/c1-14(2,10)8-5-3-7(4-6-8)13-9(11)12/h3-6,11-12H,1-2H3. The topological polar surface area (TPSA) is 49.7 Å². The molecule has 0 aliphatic carbocycles. The molecule has 0 atom stereocenters. The third kappa shape index (κ3) is 3.34. The zero-order valence-electron chi connectivity index (χ0n) is 8.07. The van der Waals surface area contributed by atoms with E-state index in [-0.39, 0.29) is 0 Å². The number of hydrogen-bond acceptors (Lipinski definition) is 3. The molecule has 0 aliphatic heterocycles. The molecular weight excluding hydrogens is 218 g/mol. The molecule has 0 saturated heterocycles. The highest BCUT2D eigenvalue weighted by Gasteiger charge is 2.20. The monoisotopic (exact) mass is 230 g/mol. The molecule has 76 valence electrons. The van der Waals surface area contributed by atoms with Crippen molar-refractivity contribution < 1.29 is 14.7 Å². The Morgan fingerprint density at radius 1 is 1.21 bits per heavy atom. The quantitative estimate of drug-likeness (QED) is 0.593. The third-order valence-corrected chi connectivity index (χ3v) is 4.14. The molecule has 0 aromatic heterocycles. The zero-order chi connectivity index (χ0) is 10.8. The van der Waals surface area contributed by atoms with Gasteiger partial charge in [-0.3, -0.25) is 0 Å². The van der Waals surface area contributed by atoms with Gasteiger partial charge in [0.05, 0.1) is 0 Å². The highest BCUT2D eigenvalue weighted by Crippen LogP contribution is 2.13. The molecule has 0 spiro atoms. The van der Waals surface area contributed by atoms with Gasteiger partial charge in [-0.2, -0.15) is 11.1 Å². The van der Waals surface area contributed by atoms with Gasteiger partial charge in [0.2, 0.25) is 0 Å². The maximum absolute atomic E-state index is 8.55. The molecule has 2 N–H and O–H groups in total. The first-order chi connectivity index (χ1) is 6.39. The van der Waals surface area contributed by atoms with Gasteiger partial charge >= 0.3 is 7.32 Å². The molecule has 0 unspecified atom stereocenters. The highest BCUT2D eigenvalue weighted by atomic mass is 35.6. The van der Waals surface area contributed by atoms with Crippen LogP contribution >= 0.6 is 11.1 Å². The van der Waals surface area contributed by atoms with Crippen LogP contribution < -0.4 is 9.84 Å². The molecule has 0 fully saturated rings. The van der Waals surface area contributed by atoms with Gasteiger partial charge in [0, 0.05) is 0 Å². The van der Waals surface area contributed by atoms with Crippen molar-refractivity contribution in [2.24, 2.45) is 0 Å². The van der Waals surface area contributed by atoms with Gasteiger partial charge in [-0.05, 0) is 17.3 Å². The predicted octanol–water partition coefficient (Wildman–Crippen LogP) is 0.686. The van der Waals surface area contributed by atoms with E-state index in [1.54, 1.807) is 12.1 Å². The summed E-state index contributed by atoms with van der Waals surface area (Å²) in [5.41, 5.74) is 0. The van der Waals surface area contributed by atoms with E-state index in [1.165, 1.54) is 0 Å². The van der Waals surface area contributed by atoms with E-state index in [0.29, 0.717) is 5.75 Å².